The fourth-order valence-corrected chi connectivity index (χ4v) is 3.64. The molecular weight excluding hydrogens is 436 g/mol. The van der Waals surface area contributed by atoms with Crippen LogP contribution in [-0.4, -0.2) is 55.8 Å². The van der Waals surface area contributed by atoms with Crippen LogP contribution in [0.25, 0.3) is 0 Å². The number of nitrogens with zero attached hydrogens (tertiary/aromatic N) is 1. The second-order valence-electron chi connectivity index (χ2n) is 9.21. The third-order valence-corrected chi connectivity index (χ3v) is 5.26. The molecule has 1 fully saturated rings. The Bertz CT molecular complexity index is 1020. The topological polar surface area (TPSA) is 127 Å². The smallest absolute Gasteiger partial charge is 0.414 e. The first-order valence-corrected chi connectivity index (χ1v) is 11.1. The zero-order chi connectivity index (χ0) is 24.9. The number of ether oxygens (including phenoxy) is 3. The fraction of sp³-hybridized carbons (Fsp3) is 0.400. The van der Waals surface area contributed by atoms with Crippen LogP contribution in [0, 0.1) is 5.41 Å². The van der Waals surface area contributed by atoms with Crippen LogP contribution in [0.1, 0.15) is 31.9 Å². The van der Waals surface area contributed by atoms with Crippen molar-refractivity contribution in [1.29, 1.82) is 5.41 Å². The van der Waals surface area contributed by atoms with Crippen molar-refractivity contribution in [2.75, 3.05) is 25.2 Å². The Morgan fingerprint density at radius 1 is 1.21 bits per heavy atom. The van der Waals surface area contributed by atoms with E-state index < -0.39 is 18.2 Å². The summed E-state index contributed by atoms with van der Waals surface area (Å²) in [6.07, 6.45) is -0.374. The number of hydrogen-bond donors (Lipinski definition) is 3. The molecule has 0 aromatic heterocycles. The molecule has 0 aliphatic carbocycles. The summed E-state index contributed by atoms with van der Waals surface area (Å²) in [4.78, 5) is 25.9. The number of benzene rings is 2. The van der Waals surface area contributed by atoms with Crippen molar-refractivity contribution >= 4 is 23.6 Å². The number of cyclic esters (lactones) is 1. The first kappa shape index (κ1) is 25.0. The number of carbonyl (C=O) groups is 2. The van der Waals surface area contributed by atoms with Gasteiger partial charge in [0.05, 0.1) is 13.7 Å². The number of amidine groups is 1. The van der Waals surface area contributed by atoms with Crippen LogP contribution in [0.5, 0.6) is 5.75 Å². The number of anilines is 1. The zero-order valence-corrected chi connectivity index (χ0v) is 20.0. The van der Waals surface area contributed by atoms with Gasteiger partial charge in [-0.05, 0) is 69.2 Å². The van der Waals surface area contributed by atoms with Crippen molar-refractivity contribution in [3.8, 4) is 5.75 Å². The van der Waals surface area contributed by atoms with Gasteiger partial charge in [-0.15, -0.1) is 0 Å². The van der Waals surface area contributed by atoms with E-state index in [1.165, 1.54) is 12.0 Å². The second-order valence-corrected chi connectivity index (χ2v) is 9.21. The zero-order valence-electron chi connectivity index (χ0n) is 20.0. The van der Waals surface area contributed by atoms with E-state index in [-0.39, 0.29) is 24.0 Å². The molecular formula is C25H32N4O5. The molecule has 182 valence electrons. The molecule has 0 bridgehead atoms. The van der Waals surface area contributed by atoms with Crippen LogP contribution in [0.4, 0.5) is 10.5 Å². The van der Waals surface area contributed by atoms with Crippen LogP contribution in [0.2, 0.25) is 0 Å². The maximum atomic E-state index is 12.3. The van der Waals surface area contributed by atoms with Gasteiger partial charge in [-0.3, -0.25) is 20.4 Å². The third kappa shape index (κ3) is 6.71. The van der Waals surface area contributed by atoms with E-state index >= 15 is 0 Å². The maximum Gasteiger partial charge on any atom is 0.414 e. The predicted octanol–water partition coefficient (Wildman–Crippen LogP) is 2.85. The molecule has 34 heavy (non-hydrogen) atoms. The molecule has 1 heterocycles. The number of esters is 1. The van der Waals surface area contributed by atoms with Crippen molar-refractivity contribution in [3.63, 3.8) is 0 Å². The lowest BCUT2D eigenvalue weighted by Gasteiger charge is -2.27. The number of methoxy groups -OCH3 is 1. The number of nitrogens with one attached hydrogen (secondary N) is 2. The van der Waals surface area contributed by atoms with Gasteiger partial charge < -0.3 is 19.9 Å². The fourth-order valence-electron chi connectivity index (χ4n) is 3.64. The van der Waals surface area contributed by atoms with E-state index in [9.17, 15) is 9.59 Å². The third-order valence-electron chi connectivity index (χ3n) is 5.26. The first-order valence-electron chi connectivity index (χ1n) is 11.1. The molecule has 1 saturated heterocycles. The van der Waals surface area contributed by atoms with Crippen molar-refractivity contribution in [1.82, 2.24) is 5.32 Å². The monoisotopic (exact) mass is 468 g/mol. The summed E-state index contributed by atoms with van der Waals surface area (Å²) in [6, 6.07) is 13.9. The second kappa shape index (κ2) is 10.6. The number of hydrogen-bond acceptors (Lipinski definition) is 7. The van der Waals surface area contributed by atoms with E-state index in [0.29, 0.717) is 30.0 Å². The van der Waals surface area contributed by atoms with Gasteiger partial charge in [0.1, 0.15) is 24.2 Å². The molecule has 2 aromatic rings. The summed E-state index contributed by atoms with van der Waals surface area (Å²) < 4.78 is 16.2. The van der Waals surface area contributed by atoms with Gasteiger partial charge in [0.15, 0.2) is 6.10 Å². The SMILES string of the molecule is COC(=O)C(Cc1ccc(OCC2CN(c3ccc(C(=N)N)cc3)C(=O)O2)cc1)NC(C)(C)C. The number of rotatable bonds is 9. The quantitative estimate of drug-likeness (QED) is 0.293. The molecule has 2 aromatic carbocycles. The van der Waals surface area contributed by atoms with Gasteiger partial charge in [-0.25, -0.2) is 4.79 Å². The molecule has 9 heteroatoms. The highest BCUT2D eigenvalue weighted by Gasteiger charge is 2.33. The molecule has 3 rings (SSSR count). The van der Waals surface area contributed by atoms with Crippen molar-refractivity contribution in [2.24, 2.45) is 5.73 Å². The average molecular weight is 469 g/mol. The van der Waals surface area contributed by atoms with Crippen LogP contribution in [0.3, 0.4) is 0 Å². The highest BCUT2D eigenvalue weighted by atomic mass is 16.6. The van der Waals surface area contributed by atoms with E-state index in [2.05, 4.69) is 5.32 Å². The molecule has 1 aliphatic heterocycles. The number of amides is 1. The molecule has 1 amide bonds. The van der Waals surface area contributed by atoms with Crippen LogP contribution in [0.15, 0.2) is 48.5 Å². The Labute approximate surface area is 199 Å². The Morgan fingerprint density at radius 2 is 1.85 bits per heavy atom. The van der Waals surface area contributed by atoms with Gasteiger partial charge >= 0.3 is 12.1 Å². The predicted molar refractivity (Wildman–Crippen MR) is 129 cm³/mol. The largest absolute Gasteiger partial charge is 0.490 e. The van der Waals surface area contributed by atoms with Gasteiger partial charge in [-0.1, -0.05) is 12.1 Å². The molecule has 2 unspecified atom stereocenters. The maximum absolute atomic E-state index is 12.3. The number of carbonyl (C=O) groups excluding carboxylic acids is 2. The van der Waals surface area contributed by atoms with Crippen molar-refractivity contribution in [3.05, 3.63) is 59.7 Å². The van der Waals surface area contributed by atoms with E-state index in [1.54, 1.807) is 24.3 Å². The summed E-state index contributed by atoms with van der Waals surface area (Å²) in [7, 11) is 1.38. The summed E-state index contributed by atoms with van der Waals surface area (Å²) in [5, 5.41) is 10.8. The van der Waals surface area contributed by atoms with E-state index in [0.717, 1.165) is 5.56 Å². The summed E-state index contributed by atoms with van der Waals surface area (Å²) in [5.74, 6) is 0.306. The molecule has 1 aliphatic rings. The minimum absolute atomic E-state index is 0.0286. The number of nitrogens with two attached hydrogens (primary N) is 1. The minimum atomic E-state index is -0.454. The molecule has 9 nitrogen and oxygen atoms in total. The molecule has 0 spiro atoms. The first-order chi connectivity index (χ1) is 16.1. The highest BCUT2D eigenvalue weighted by Crippen LogP contribution is 2.23. The van der Waals surface area contributed by atoms with Crippen LogP contribution in [-0.2, 0) is 20.7 Å². The van der Waals surface area contributed by atoms with Crippen LogP contribution < -0.4 is 20.7 Å². The normalized spacial score (nSPS) is 16.6. The van der Waals surface area contributed by atoms with Crippen molar-refractivity contribution < 1.29 is 23.8 Å². The molecule has 4 N–H and O–H groups in total. The Kier molecular flexibility index (Phi) is 7.78. The van der Waals surface area contributed by atoms with Gasteiger partial charge in [0.2, 0.25) is 0 Å². The number of nitrogen functional groups attached to an aromatic ring is 1. The molecule has 0 radical (unpaired) electrons. The lowest BCUT2D eigenvalue weighted by molar-refractivity contribution is -0.143. The molecule has 0 saturated carbocycles. The Morgan fingerprint density at radius 3 is 2.41 bits per heavy atom. The van der Waals surface area contributed by atoms with E-state index in [4.69, 9.17) is 25.4 Å². The van der Waals surface area contributed by atoms with Crippen molar-refractivity contribution in [2.45, 2.75) is 44.9 Å². The summed E-state index contributed by atoms with van der Waals surface area (Å²) in [5.41, 5.74) is 7.47. The van der Waals surface area contributed by atoms with Gasteiger partial charge in [0, 0.05) is 16.8 Å². The average Bonchev–Trinajstić information content (AvgIpc) is 3.17. The van der Waals surface area contributed by atoms with E-state index in [1.807, 2.05) is 45.0 Å². The summed E-state index contributed by atoms with van der Waals surface area (Å²) in [6.45, 7) is 6.56. The summed E-state index contributed by atoms with van der Waals surface area (Å²) >= 11 is 0. The Balaban J connectivity index is 1.54. The molecule has 2 atom stereocenters. The lowest BCUT2D eigenvalue weighted by Crippen LogP contribution is -2.49. The van der Waals surface area contributed by atoms with Gasteiger partial charge in [0.25, 0.3) is 0 Å². The minimum Gasteiger partial charge on any atom is -0.490 e. The highest BCUT2D eigenvalue weighted by molar-refractivity contribution is 5.96. The van der Waals surface area contributed by atoms with Gasteiger partial charge in [-0.2, -0.15) is 0 Å². The lowest BCUT2D eigenvalue weighted by atomic mass is 10.0. The van der Waals surface area contributed by atoms with Crippen LogP contribution >= 0.6 is 0 Å². The standard InChI is InChI=1S/C25H32N4O5/c1-25(2,3)28-21(23(30)32-4)13-16-5-11-19(12-6-16)33-15-20-14-29(24(31)34-20)18-9-7-17(8-10-18)22(26)27/h5-12,20-21,28H,13-15H2,1-4H3,(H3,26,27). The Hall–Kier alpha value is -3.59.